The molecule has 1 N–H and O–H groups in total. The van der Waals surface area contributed by atoms with Crippen LogP contribution in [0.4, 0.5) is 0 Å². The summed E-state index contributed by atoms with van der Waals surface area (Å²) in [6, 6.07) is 1.62. The molecular weight excluding hydrogens is 210 g/mol. The fourth-order valence-corrected chi connectivity index (χ4v) is 1.37. The van der Waals surface area contributed by atoms with E-state index < -0.39 is 0 Å². The van der Waals surface area contributed by atoms with E-state index in [0.717, 1.165) is 0 Å². The number of carbonyl (C=O) groups excluding carboxylic acids is 1. The smallest absolute Gasteiger partial charge is 0.259 e. The second kappa shape index (κ2) is 3.00. The molecule has 11 heavy (non-hydrogen) atoms. The Morgan fingerprint density at radius 2 is 2.27 bits per heavy atom. The van der Waals surface area contributed by atoms with Crippen molar-refractivity contribution in [3.63, 3.8) is 0 Å². The summed E-state index contributed by atoms with van der Waals surface area (Å²) < 4.78 is 0.536. The highest BCUT2D eigenvalue weighted by Crippen LogP contribution is 2.10. The van der Waals surface area contributed by atoms with Crippen molar-refractivity contribution in [2.75, 3.05) is 0 Å². The van der Waals surface area contributed by atoms with E-state index in [0.29, 0.717) is 4.47 Å². The van der Waals surface area contributed by atoms with Gasteiger partial charge in [0.2, 0.25) is 0 Å². The molecule has 1 aromatic rings. The molecule has 58 valence electrons. The number of halogens is 1. The summed E-state index contributed by atoms with van der Waals surface area (Å²) in [6.45, 7) is 1.36. The minimum absolute atomic E-state index is 0.174. The largest absolute Gasteiger partial charge is 0.328 e. The summed E-state index contributed by atoms with van der Waals surface area (Å²) in [5.74, 6) is -0.237. The second-order valence-electron chi connectivity index (χ2n) is 2.09. The third-order valence-corrected chi connectivity index (χ3v) is 1.92. The summed E-state index contributed by atoms with van der Waals surface area (Å²) in [6.07, 6.45) is 1.48. The van der Waals surface area contributed by atoms with Crippen LogP contribution in [0, 0.1) is 0 Å². The molecule has 0 saturated heterocycles. The topological polar surface area (TPSA) is 49.9 Å². The van der Waals surface area contributed by atoms with Gasteiger partial charge in [0, 0.05) is 10.7 Å². The molecule has 1 aromatic heterocycles. The van der Waals surface area contributed by atoms with E-state index in [1.54, 1.807) is 6.07 Å². The van der Waals surface area contributed by atoms with E-state index in [1.807, 2.05) is 0 Å². The highest BCUT2D eigenvalue weighted by molar-refractivity contribution is 9.10. The molecule has 0 amide bonds. The van der Waals surface area contributed by atoms with Crippen molar-refractivity contribution in [1.29, 1.82) is 0 Å². The van der Waals surface area contributed by atoms with Gasteiger partial charge in [-0.2, -0.15) is 0 Å². The van der Waals surface area contributed by atoms with E-state index in [1.165, 1.54) is 13.1 Å². The molecule has 0 aromatic carbocycles. The molecule has 0 unspecified atom stereocenters. The number of pyridine rings is 1. The lowest BCUT2D eigenvalue weighted by atomic mass is 10.2. The van der Waals surface area contributed by atoms with Gasteiger partial charge in [-0.3, -0.25) is 9.59 Å². The monoisotopic (exact) mass is 215 g/mol. The summed E-state index contributed by atoms with van der Waals surface area (Å²) in [4.78, 5) is 24.2. The van der Waals surface area contributed by atoms with Crippen LogP contribution in [0.2, 0.25) is 0 Å². The van der Waals surface area contributed by atoms with Gasteiger partial charge in [-0.25, -0.2) is 0 Å². The standard InChI is InChI=1S/C7H6BrNO2/c1-4(10)6-5(8)2-3-9-7(6)11/h2-3H,1H3,(H,9,11). The highest BCUT2D eigenvalue weighted by atomic mass is 79.9. The molecule has 0 bridgehead atoms. The quantitative estimate of drug-likeness (QED) is 0.720. The maximum Gasteiger partial charge on any atom is 0.259 e. The summed E-state index contributed by atoms with van der Waals surface area (Å²) >= 11 is 3.11. The van der Waals surface area contributed by atoms with Crippen LogP contribution in [0.15, 0.2) is 21.5 Å². The first kappa shape index (κ1) is 8.20. The van der Waals surface area contributed by atoms with Crippen LogP contribution < -0.4 is 5.56 Å². The highest BCUT2D eigenvalue weighted by Gasteiger charge is 2.08. The number of H-pyrrole nitrogens is 1. The number of hydrogen-bond donors (Lipinski definition) is 1. The molecule has 0 radical (unpaired) electrons. The zero-order valence-corrected chi connectivity index (χ0v) is 7.44. The SMILES string of the molecule is CC(=O)c1c(Br)cc[nH]c1=O. The van der Waals surface area contributed by atoms with Gasteiger partial charge in [0.05, 0.1) is 5.56 Å². The lowest BCUT2D eigenvalue weighted by molar-refractivity contribution is 0.101. The first-order valence-corrected chi connectivity index (χ1v) is 3.80. The van der Waals surface area contributed by atoms with Crippen molar-refractivity contribution in [3.05, 3.63) is 32.7 Å². The van der Waals surface area contributed by atoms with Crippen LogP contribution in [-0.4, -0.2) is 10.8 Å². The Morgan fingerprint density at radius 3 is 2.64 bits per heavy atom. The maximum atomic E-state index is 11.0. The van der Waals surface area contributed by atoms with Crippen molar-refractivity contribution in [2.45, 2.75) is 6.92 Å². The van der Waals surface area contributed by atoms with Crippen molar-refractivity contribution in [2.24, 2.45) is 0 Å². The number of rotatable bonds is 1. The second-order valence-corrected chi connectivity index (χ2v) is 2.94. The molecule has 1 heterocycles. The number of Topliss-reactive ketones (excluding diaryl/α,β-unsaturated/α-hetero) is 1. The van der Waals surface area contributed by atoms with Crippen LogP contribution in [-0.2, 0) is 0 Å². The van der Waals surface area contributed by atoms with Crippen molar-refractivity contribution >= 4 is 21.7 Å². The summed E-state index contributed by atoms with van der Waals surface area (Å²) in [5.41, 5.74) is -0.181. The molecule has 0 aliphatic rings. The lowest BCUT2D eigenvalue weighted by Gasteiger charge is -1.95. The van der Waals surface area contributed by atoms with Gasteiger partial charge < -0.3 is 4.98 Å². The Labute approximate surface area is 71.6 Å². The predicted octanol–water partition coefficient (Wildman–Crippen LogP) is 1.34. The lowest BCUT2D eigenvalue weighted by Crippen LogP contribution is -2.15. The van der Waals surface area contributed by atoms with Crippen LogP contribution in [0.5, 0.6) is 0 Å². The number of carbonyl (C=O) groups is 1. The van der Waals surface area contributed by atoms with E-state index in [-0.39, 0.29) is 16.9 Å². The summed E-state index contributed by atoms with van der Waals surface area (Å²) in [7, 11) is 0. The van der Waals surface area contributed by atoms with Crippen LogP contribution >= 0.6 is 15.9 Å². The molecule has 4 heteroatoms. The van der Waals surface area contributed by atoms with Crippen molar-refractivity contribution < 1.29 is 4.79 Å². The molecule has 0 spiro atoms. The Morgan fingerprint density at radius 1 is 1.64 bits per heavy atom. The third-order valence-electron chi connectivity index (χ3n) is 1.26. The van der Waals surface area contributed by atoms with Gasteiger partial charge in [0.15, 0.2) is 5.78 Å². The Balaban J connectivity index is 3.45. The van der Waals surface area contributed by atoms with Gasteiger partial charge >= 0.3 is 0 Å². The Bertz CT molecular complexity index is 343. The number of aromatic nitrogens is 1. The predicted molar refractivity (Wildman–Crippen MR) is 44.8 cm³/mol. The Hall–Kier alpha value is -0.900. The van der Waals surface area contributed by atoms with Gasteiger partial charge in [-0.05, 0) is 28.9 Å². The fourth-order valence-electron chi connectivity index (χ4n) is 0.783. The number of ketones is 1. The minimum Gasteiger partial charge on any atom is -0.328 e. The van der Waals surface area contributed by atoms with Crippen LogP contribution in [0.1, 0.15) is 17.3 Å². The minimum atomic E-state index is -0.355. The molecule has 0 atom stereocenters. The molecule has 1 rings (SSSR count). The van der Waals surface area contributed by atoms with Gasteiger partial charge in [-0.1, -0.05) is 0 Å². The first-order valence-electron chi connectivity index (χ1n) is 3.01. The molecule has 0 aliphatic carbocycles. The van der Waals surface area contributed by atoms with Gasteiger partial charge in [-0.15, -0.1) is 0 Å². The van der Waals surface area contributed by atoms with E-state index in [9.17, 15) is 9.59 Å². The van der Waals surface area contributed by atoms with E-state index in [4.69, 9.17) is 0 Å². The van der Waals surface area contributed by atoms with Crippen LogP contribution in [0.25, 0.3) is 0 Å². The zero-order chi connectivity index (χ0) is 8.43. The maximum absolute atomic E-state index is 11.0. The van der Waals surface area contributed by atoms with Crippen LogP contribution in [0.3, 0.4) is 0 Å². The fraction of sp³-hybridized carbons (Fsp3) is 0.143. The first-order chi connectivity index (χ1) is 5.13. The van der Waals surface area contributed by atoms with E-state index >= 15 is 0 Å². The average Bonchev–Trinajstić information content (AvgIpc) is 1.85. The molecule has 3 nitrogen and oxygen atoms in total. The normalized spacial score (nSPS) is 9.64. The number of aromatic amines is 1. The molecule has 0 fully saturated rings. The molecule has 0 saturated carbocycles. The van der Waals surface area contributed by atoms with Crippen molar-refractivity contribution in [3.8, 4) is 0 Å². The number of hydrogen-bond acceptors (Lipinski definition) is 2. The van der Waals surface area contributed by atoms with Crippen molar-refractivity contribution in [1.82, 2.24) is 4.98 Å². The molecular formula is C7H6BrNO2. The number of nitrogens with one attached hydrogen (secondary N) is 1. The molecule has 0 aliphatic heterocycles. The van der Waals surface area contributed by atoms with E-state index in [2.05, 4.69) is 20.9 Å². The third kappa shape index (κ3) is 1.57. The van der Waals surface area contributed by atoms with Gasteiger partial charge in [0.25, 0.3) is 5.56 Å². The zero-order valence-electron chi connectivity index (χ0n) is 5.85. The van der Waals surface area contributed by atoms with Gasteiger partial charge in [0.1, 0.15) is 0 Å². The Kier molecular flexibility index (Phi) is 2.24. The summed E-state index contributed by atoms with van der Waals surface area (Å²) in [5, 5.41) is 0. The average molecular weight is 216 g/mol.